The Morgan fingerprint density at radius 1 is 1.63 bits per heavy atom. The lowest BCUT2D eigenvalue weighted by atomic mass is 10.2. The number of rotatable bonds is 5. The van der Waals surface area contributed by atoms with Crippen LogP contribution in [-0.2, 0) is 13.5 Å². The summed E-state index contributed by atoms with van der Waals surface area (Å²) >= 11 is 0. The van der Waals surface area contributed by atoms with E-state index >= 15 is 0 Å². The lowest BCUT2D eigenvalue weighted by Crippen LogP contribution is -2.36. The van der Waals surface area contributed by atoms with Crippen molar-refractivity contribution >= 4 is 11.5 Å². The molecule has 0 aliphatic carbocycles. The zero-order valence-electron chi connectivity index (χ0n) is 11.7. The number of hydrogen-bond acceptors (Lipinski definition) is 5. The SMILES string of the molecule is CCc1nn(C)c(N(C)CC2CCCN2)c1[N+](=O)[O-]. The van der Waals surface area contributed by atoms with Gasteiger partial charge in [0.2, 0.25) is 5.82 Å². The predicted molar refractivity (Wildman–Crippen MR) is 73.5 cm³/mol. The van der Waals surface area contributed by atoms with Crippen LogP contribution in [0.15, 0.2) is 0 Å². The molecule has 1 atom stereocenters. The minimum atomic E-state index is -0.320. The molecular weight excluding hydrogens is 246 g/mol. The maximum atomic E-state index is 11.3. The van der Waals surface area contributed by atoms with Crippen molar-refractivity contribution in [1.82, 2.24) is 15.1 Å². The zero-order valence-corrected chi connectivity index (χ0v) is 11.7. The first kappa shape index (κ1) is 13.8. The molecule has 0 radical (unpaired) electrons. The van der Waals surface area contributed by atoms with Gasteiger partial charge in [-0.3, -0.25) is 10.1 Å². The largest absolute Gasteiger partial charge is 0.353 e. The molecule has 1 N–H and O–H groups in total. The van der Waals surface area contributed by atoms with Crippen LogP contribution in [0.2, 0.25) is 0 Å². The minimum Gasteiger partial charge on any atom is -0.353 e. The van der Waals surface area contributed by atoms with E-state index in [-0.39, 0.29) is 10.6 Å². The van der Waals surface area contributed by atoms with Crippen molar-refractivity contribution in [2.75, 3.05) is 25.0 Å². The number of aryl methyl sites for hydroxylation is 2. The van der Waals surface area contributed by atoms with Gasteiger partial charge in [0.25, 0.3) is 0 Å². The Hall–Kier alpha value is -1.63. The molecule has 2 rings (SSSR count). The molecule has 0 aromatic carbocycles. The van der Waals surface area contributed by atoms with E-state index in [1.165, 1.54) is 6.42 Å². The van der Waals surface area contributed by atoms with Crippen LogP contribution in [0.3, 0.4) is 0 Å². The van der Waals surface area contributed by atoms with Crippen LogP contribution in [-0.4, -0.2) is 40.9 Å². The monoisotopic (exact) mass is 267 g/mol. The van der Waals surface area contributed by atoms with Crippen molar-refractivity contribution < 1.29 is 4.92 Å². The van der Waals surface area contributed by atoms with Gasteiger partial charge in [0, 0.05) is 26.7 Å². The molecule has 2 heterocycles. The number of aromatic nitrogens is 2. The Labute approximate surface area is 112 Å². The Bertz CT molecular complexity index is 465. The molecule has 1 saturated heterocycles. The number of hydrogen-bond donors (Lipinski definition) is 1. The van der Waals surface area contributed by atoms with Crippen LogP contribution in [0, 0.1) is 10.1 Å². The third-order valence-electron chi connectivity index (χ3n) is 3.60. The average Bonchev–Trinajstić information content (AvgIpc) is 2.95. The maximum Gasteiger partial charge on any atom is 0.334 e. The van der Waals surface area contributed by atoms with Gasteiger partial charge < -0.3 is 10.2 Å². The van der Waals surface area contributed by atoms with E-state index in [1.54, 1.807) is 11.7 Å². The van der Waals surface area contributed by atoms with Gasteiger partial charge in [0.05, 0.1) is 4.92 Å². The molecule has 1 unspecified atom stereocenters. The summed E-state index contributed by atoms with van der Waals surface area (Å²) < 4.78 is 1.62. The van der Waals surface area contributed by atoms with E-state index in [9.17, 15) is 10.1 Å². The van der Waals surface area contributed by atoms with Crippen LogP contribution in [0.25, 0.3) is 0 Å². The van der Waals surface area contributed by atoms with Crippen LogP contribution >= 0.6 is 0 Å². The molecule has 1 aliphatic rings. The first-order chi connectivity index (χ1) is 9.04. The molecule has 0 bridgehead atoms. The molecular formula is C12H21N5O2. The fourth-order valence-electron chi connectivity index (χ4n) is 2.74. The van der Waals surface area contributed by atoms with Crippen LogP contribution < -0.4 is 10.2 Å². The van der Waals surface area contributed by atoms with Crippen molar-refractivity contribution in [3.63, 3.8) is 0 Å². The molecule has 106 valence electrons. The van der Waals surface area contributed by atoms with Crippen molar-refractivity contribution in [2.24, 2.45) is 7.05 Å². The highest BCUT2D eigenvalue weighted by atomic mass is 16.6. The van der Waals surface area contributed by atoms with Crippen molar-refractivity contribution in [1.29, 1.82) is 0 Å². The number of nitro groups is 1. The second-order valence-corrected chi connectivity index (χ2v) is 5.03. The molecule has 0 spiro atoms. The Balaban J connectivity index is 2.26. The van der Waals surface area contributed by atoms with Gasteiger partial charge in [-0.15, -0.1) is 0 Å². The van der Waals surface area contributed by atoms with Gasteiger partial charge in [0.15, 0.2) is 0 Å². The maximum absolute atomic E-state index is 11.3. The topological polar surface area (TPSA) is 76.2 Å². The predicted octanol–water partition coefficient (Wildman–Crippen LogP) is 1.08. The summed E-state index contributed by atoms with van der Waals surface area (Å²) in [6, 6.07) is 0.407. The van der Waals surface area contributed by atoms with Gasteiger partial charge in [-0.2, -0.15) is 5.10 Å². The quantitative estimate of drug-likeness (QED) is 0.638. The molecule has 1 fully saturated rings. The Morgan fingerprint density at radius 3 is 2.89 bits per heavy atom. The van der Waals surface area contributed by atoms with E-state index in [0.717, 1.165) is 19.5 Å². The Kier molecular flexibility index (Phi) is 4.04. The normalized spacial score (nSPS) is 18.8. The number of nitrogens with one attached hydrogen (secondary N) is 1. The van der Waals surface area contributed by atoms with Gasteiger partial charge >= 0.3 is 5.69 Å². The average molecular weight is 267 g/mol. The molecule has 1 aromatic rings. The summed E-state index contributed by atoms with van der Waals surface area (Å²) in [5.74, 6) is 0.593. The van der Waals surface area contributed by atoms with Crippen molar-refractivity contribution in [3.05, 3.63) is 15.8 Å². The Morgan fingerprint density at radius 2 is 2.37 bits per heavy atom. The zero-order chi connectivity index (χ0) is 14.0. The fraction of sp³-hybridized carbons (Fsp3) is 0.750. The van der Waals surface area contributed by atoms with Gasteiger partial charge in [0.1, 0.15) is 5.69 Å². The van der Waals surface area contributed by atoms with Crippen molar-refractivity contribution in [3.8, 4) is 0 Å². The summed E-state index contributed by atoms with van der Waals surface area (Å²) in [5, 5.41) is 18.9. The van der Waals surface area contributed by atoms with Gasteiger partial charge in [-0.25, -0.2) is 4.68 Å². The lowest BCUT2D eigenvalue weighted by Gasteiger charge is -2.22. The smallest absolute Gasteiger partial charge is 0.334 e. The van der Waals surface area contributed by atoms with E-state index in [2.05, 4.69) is 10.4 Å². The highest BCUT2D eigenvalue weighted by Crippen LogP contribution is 2.31. The first-order valence-corrected chi connectivity index (χ1v) is 6.69. The standard InChI is InChI=1S/C12H21N5O2/c1-4-10-11(17(18)19)12(16(3)14-10)15(2)8-9-6-5-7-13-9/h9,13H,4-8H2,1-3H3. The first-order valence-electron chi connectivity index (χ1n) is 6.69. The van der Waals surface area contributed by atoms with E-state index in [0.29, 0.717) is 24.0 Å². The van der Waals surface area contributed by atoms with E-state index < -0.39 is 0 Å². The second-order valence-electron chi connectivity index (χ2n) is 5.03. The van der Waals surface area contributed by atoms with Crippen LogP contribution in [0.4, 0.5) is 11.5 Å². The molecule has 7 heteroatoms. The third kappa shape index (κ3) is 2.70. The minimum absolute atomic E-state index is 0.144. The molecule has 0 saturated carbocycles. The molecule has 1 aromatic heterocycles. The highest BCUT2D eigenvalue weighted by Gasteiger charge is 2.29. The number of likely N-dealkylation sites (N-methyl/N-ethyl adjacent to an activating group) is 1. The van der Waals surface area contributed by atoms with Crippen molar-refractivity contribution in [2.45, 2.75) is 32.2 Å². The van der Waals surface area contributed by atoms with Gasteiger partial charge in [-0.05, 0) is 25.8 Å². The lowest BCUT2D eigenvalue weighted by molar-refractivity contribution is -0.384. The summed E-state index contributed by atoms with van der Waals surface area (Å²) in [4.78, 5) is 12.9. The summed E-state index contributed by atoms with van der Waals surface area (Å²) in [6.45, 7) is 3.69. The van der Waals surface area contributed by atoms with E-state index in [4.69, 9.17) is 0 Å². The van der Waals surface area contributed by atoms with Crippen LogP contribution in [0.1, 0.15) is 25.5 Å². The molecule has 1 aliphatic heterocycles. The summed E-state index contributed by atoms with van der Waals surface area (Å²) in [7, 11) is 3.66. The van der Waals surface area contributed by atoms with Crippen LogP contribution in [0.5, 0.6) is 0 Å². The number of nitrogens with zero attached hydrogens (tertiary/aromatic N) is 4. The third-order valence-corrected chi connectivity index (χ3v) is 3.60. The number of anilines is 1. The summed E-state index contributed by atoms with van der Waals surface area (Å²) in [6.07, 6.45) is 2.86. The molecule has 19 heavy (non-hydrogen) atoms. The summed E-state index contributed by atoms with van der Waals surface area (Å²) in [5.41, 5.74) is 0.694. The van der Waals surface area contributed by atoms with Gasteiger partial charge in [-0.1, -0.05) is 6.92 Å². The highest BCUT2D eigenvalue weighted by molar-refractivity contribution is 5.61. The molecule has 7 nitrogen and oxygen atoms in total. The second kappa shape index (κ2) is 5.56. The van der Waals surface area contributed by atoms with E-state index in [1.807, 2.05) is 18.9 Å². The fourth-order valence-corrected chi connectivity index (χ4v) is 2.74. The molecule has 0 amide bonds.